The van der Waals surface area contributed by atoms with Gasteiger partial charge >= 0.3 is 12.0 Å². The Bertz CT molecular complexity index is 553. The first-order valence-corrected chi connectivity index (χ1v) is 7.62. The van der Waals surface area contributed by atoms with Crippen LogP contribution in [0, 0.1) is 5.82 Å². The number of urea groups is 1. The zero-order valence-electron chi connectivity index (χ0n) is 11.6. The molecule has 0 spiro atoms. The summed E-state index contributed by atoms with van der Waals surface area (Å²) in [5.41, 5.74) is 0.784. The lowest BCUT2D eigenvalue weighted by Crippen LogP contribution is -2.41. The van der Waals surface area contributed by atoms with Gasteiger partial charge in [0.1, 0.15) is 5.82 Å². The van der Waals surface area contributed by atoms with E-state index >= 15 is 0 Å². The molecule has 1 atom stereocenters. The van der Waals surface area contributed by atoms with Crippen molar-refractivity contribution < 1.29 is 19.1 Å². The molecule has 2 rings (SSSR count). The summed E-state index contributed by atoms with van der Waals surface area (Å²) in [5.74, 6) is -0.482. The predicted octanol–water partition coefficient (Wildman–Crippen LogP) is 2.48. The first-order chi connectivity index (χ1) is 9.99. The maximum Gasteiger partial charge on any atom is 0.317 e. The molecule has 0 saturated heterocycles. The quantitative estimate of drug-likeness (QED) is 0.896. The molecule has 0 saturated carbocycles. The highest BCUT2D eigenvalue weighted by atomic mass is 32.2. The Morgan fingerprint density at radius 2 is 2.29 bits per heavy atom. The van der Waals surface area contributed by atoms with Gasteiger partial charge in [0, 0.05) is 24.2 Å². The summed E-state index contributed by atoms with van der Waals surface area (Å²) in [5, 5.41) is 11.5. The molecule has 0 radical (unpaired) electrons. The molecular formula is C14H17FN2O3S. The molecule has 1 aromatic carbocycles. The smallest absolute Gasteiger partial charge is 0.317 e. The summed E-state index contributed by atoms with van der Waals surface area (Å²) in [6.45, 7) is 0.138. The van der Waals surface area contributed by atoms with Gasteiger partial charge in [-0.15, -0.1) is 11.8 Å². The van der Waals surface area contributed by atoms with Gasteiger partial charge in [-0.1, -0.05) is 12.1 Å². The lowest BCUT2D eigenvalue weighted by atomic mass is 10.0. The van der Waals surface area contributed by atoms with Crippen LogP contribution in [-0.4, -0.2) is 41.4 Å². The predicted molar refractivity (Wildman–Crippen MR) is 77.9 cm³/mol. The van der Waals surface area contributed by atoms with E-state index in [0.717, 1.165) is 17.7 Å². The van der Waals surface area contributed by atoms with Crippen LogP contribution < -0.4 is 5.32 Å². The van der Waals surface area contributed by atoms with Crippen LogP contribution >= 0.6 is 11.8 Å². The summed E-state index contributed by atoms with van der Waals surface area (Å²) in [6.07, 6.45) is 0.620. The number of carbonyl (C=O) groups excluding carboxylic acids is 1. The number of carboxylic acids is 1. The van der Waals surface area contributed by atoms with Crippen molar-refractivity contribution in [2.75, 3.05) is 19.3 Å². The second-order valence-corrected chi connectivity index (χ2v) is 5.97. The van der Waals surface area contributed by atoms with E-state index in [4.69, 9.17) is 5.11 Å². The fourth-order valence-electron chi connectivity index (χ4n) is 2.16. The van der Waals surface area contributed by atoms with Crippen LogP contribution in [0.15, 0.2) is 23.1 Å². The van der Waals surface area contributed by atoms with Gasteiger partial charge in [0.15, 0.2) is 0 Å². The first-order valence-electron chi connectivity index (χ1n) is 6.63. The molecule has 2 amide bonds. The number of nitrogens with zero attached hydrogens (tertiary/aromatic N) is 1. The second-order valence-electron chi connectivity index (χ2n) is 4.86. The van der Waals surface area contributed by atoms with Crippen LogP contribution in [0.2, 0.25) is 0 Å². The van der Waals surface area contributed by atoms with Gasteiger partial charge < -0.3 is 15.3 Å². The Labute approximate surface area is 126 Å². The van der Waals surface area contributed by atoms with Crippen LogP contribution in [-0.2, 0) is 4.79 Å². The number of nitrogens with one attached hydrogen (secondary N) is 1. The average molecular weight is 312 g/mol. The molecule has 0 bridgehead atoms. The van der Waals surface area contributed by atoms with Crippen LogP contribution in [0.4, 0.5) is 9.18 Å². The molecule has 7 heteroatoms. The van der Waals surface area contributed by atoms with E-state index in [1.807, 2.05) is 6.07 Å². The minimum atomic E-state index is -0.948. The highest BCUT2D eigenvalue weighted by Crippen LogP contribution is 2.37. The fraction of sp³-hybridized carbons (Fsp3) is 0.429. The maximum atomic E-state index is 13.7. The molecular weight excluding hydrogens is 295 g/mol. The van der Waals surface area contributed by atoms with Crippen LogP contribution in [0.5, 0.6) is 0 Å². The second kappa shape index (κ2) is 6.80. The number of halogens is 1. The van der Waals surface area contributed by atoms with Crippen molar-refractivity contribution in [2.45, 2.75) is 23.8 Å². The van der Waals surface area contributed by atoms with E-state index in [1.165, 1.54) is 22.7 Å². The van der Waals surface area contributed by atoms with E-state index in [1.54, 1.807) is 13.1 Å². The van der Waals surface area contributed by atoms with Gasteiger partial charge in [0.25, 0.3) is 0 Å². The SMILES string of the molecule is CN(CCC(=O)O)C(=O)NC1CCSc2c(F)cccc21. The molecule has 1 aliphatic heterocycles. The maximum absolute atomic E-state index is 13.7. The van der Waals surface area contributed by atoms with Gasteiger partial charge in [0.05, 0.1) is 12.5 Å². The molecule has 2 N–H and O–H groups in total. The highest BCUT2D eigenvalue weighted by Gasteiger charge is 2.25. The number of amides is 2. The molecule has 1 unspecified atom stereocenters. The normalized spacial score (nSPS) is 17.0. The largest absolute Gasteiger partial charge is 0.481 e. The van der Waals surface area contributed by atoms with Crippen molar-refractivity contribution in [1.29, 1.82) is 0 Å². The zero-order valence-corrected chi connectivity index (χ0v) is 12.5. The Morgan fingerprint density at radius 3 is 3.00 bits per heavy atom. The van der Waals surface area contributed by atoms with Crippen molar-refractivity contribution in [3.63, 3.8) is 0 Å². The van der Waals surface area contributed by atoms with Gasteiger partial charge in [-0.2, -0.15) is 0 Å². The van der Waals surface area contributed by atoms with Crippen molar-refractivity contribution in [2.24, 2.45) is 0 Å². The van der Waals surface area contributed by atoms with Crippen molar-refractivity contribution in [1.82, 2.24) is 10.2 Å². The van der Waals surface area contributed by atoms with Crippen LogP contribution in [0.1, 0.15) is 24.4 Å². The first kappa shape index (κ1) is 15.6. The molecule has 5 nitrogen and oxygen atoms in total. The van der Waals surface area contributed by atoms with E-state index in [2.05, 4.69) is 5.32 Å². The Hall–Kier alpha value is -1.76. The third kappa shape index (κ3) is 3.87. The summed E-state index contributed by atoms with van der Waals surface area (Å²) >= 11 is 1.45. The van der Waals surface area contributed by atoms with Gasteiger partial charge in [0.2, 0.25) is 0 Å². The standard InChI is InChI=1S/C14H17FN2O3S/c1-17(7-5-12(18)19)14(20)16-11-6-8-21-13-9(11)3-2-4-10(13)15/h2-4,11H,5-8H2,1H3,(H,16,20)(H,18,19). The molecule has 1 aliphatic rings. The van der Waals surface area contributed by atoms with Crippen LogP contribution in [0.25, 0.3) is 0 Å². The average Bonchev–Trinajstić information content (AvgIpc) is 2.45. The molecule has 21 heavy (non-hydrogen) atoms. The number of hydrogen-bond donors (Lipinski definition) is 2. The Morgan fingerprint density at radius 1 is 1.52 bits per heavy atom. The van der Waals surface area contributed by atoms with Gasteiger partial charge in [-0.05, 0) is 18.1 Å². The third-order valence-corrected chi connectivity index (χ3v) is 4.49. The molecule has 1 heterocycles. The molecule has 0 fully saturated rings. The van der Waals surface area contributed by atoms with E-state index in [0.29, 0.717) is 4.90 Å². The summed E-state index contributed by atoms with van der Waals surface area (Å²) < 4.78 is 13.7. The molecule has 0 aromatic heterocycles. The summed E-state index contributed by atoms with van der Waals surface area (Å²) in [4.78, 5) is 24.5. The van der Waals surface area contributed by atoms with E-state index in [-0.39, 0.29) is 30.9 Å². The van der Waals surface area contributed by atoms with Gasteiger partial charge in [-0.3, -0.25) is 4.79 Å². The highest BCUT2D eigenvalue weighted by molar-refractivity contribution is 7.99. The lowest BCUT2D eigenvalue weighted by Gasteiger charge is -2.28. The Balaban J connectivity index is 2.03. The number of benzene rings is 1. The van der Waals surface area contributed by atoms with Crippen molar-refractivity contribution in [3.8, 4) is 0 Å². The number of hydrogen-bond acceptors (Lipinski definition) is 3. The minimum absolute atomic E-state index is 0.102. The molecule has 1 aromatic rings. The third-order valence-electron chi connectivity index (χ3n) is 3.33. The topological polar surface area (TPSA) is 69.6 Å². The van der Waals surface area contributed by atoms with E-state index < -0.39 is 5.97 Å². The number of carboxylic acid groups (broad SMARTS) is 1. The van der Waals surface area contributed by atoms with Crippen molar-refractivity contribution in [3.05, 3.63) is 29.6 Å². The lowest BCUT2D eigenvalue weighted by molar-refractivity contribution is -0.137. The number of carbonyl (C=O) groups is 2. The van der Waals surface area contributed by atoms with E-state index in [9.17, 15) is 14.0 Å². The zero-order chi connectivity index (χ0) is 15.4. The fourth-order valence-corrected chi connectivity index (χ4v) is 3.30. The number of fused-ring (bicyclic) bond motifs is 1. The summed E-state index contributed by atoms with van der Waals surface area (Å²) in [6, 6.07) is 4.27. The Kier molecular flexibility index (Phi) is 5.06. The minimum Gasteiger partial charge on any atom is -0.481 e. The number of aliphatic carboxylic acids is 1. The monoisotopic (exact) mass is 312 g/mol. The van der Waals surface area contributed by atoms with Crippen molar-refractivity contribution >= 4 is 23.8 Å². The van der Waals surface area contributed by atoms with Gasteiger partial charge in [-0.25, -0.2) is 9.18 Å². The molecule has 114 valence electrons. The number of rotatable bonds is 4. The summed E-state index contributed by atoms with van der Waals surface area (Å²) in [7, 11) is 1.54. The van der Waals surface area contributed by atoms with Crippen LogP contribution in [0.3, 0.4) is 0 Å². The molecule has 0 aliphatic carbocycles. The number of thioether (sulfide) groups is 1.